The second kappa shape index (κ2) is 3.54. The van der Waals surface area contributed by atoms with E-state index in [-0.39, 0.29) is 0 Å². The van der Waals surface area contributed by atoms with Crippen molar-refractivity contribution in [3.63, 3.8) is 0 Å². The van der Waals surface area contributed by atoms with E-state index >= 15 is 0 Å². The molecule has 0 atom stereocenters. The van der Waals surface area contributed by atoms with E-state index < -0.39 is 21.8 Å². The zero-order chi connectivity index (χ0) is 5.86. The van der Waals surface area contributed by atoms with E-state index in [1.54, 1.807) is 6.92 Å². The molecule has 0 aliphatic rings. The van der Waals surface area contributed by atoms with Gasteiger partial charge in [0.1, 0.15) is 0 Å². The first kappa shape index (κ1) is 7.55. The quantitative estimate of drug-likeness (QED) is 0.703. The molecule has 0 saturated heterocycles. The van der Waals surface area contributed by atoms with E-state index in [9.17, 15) is 4.79 Å². The molecular weight excluding hydrogens is 285 g/mol. The van der Waals surface area contributed by atoms with Crippen LogP contribution in [0.25, 0.3) is 0 Å². The minimum atomic E-state index is -1.09. The van der Waals surface area contributed by atoms with E-state index in [2.05, 4.69) is 9.26 Å². The van der Waals surface area contributed by atoms with Crippen molar-refractivity contribution in [3.8, 4) is 0 Å². The molecule has 0 amide bonds. The summed E-state index contributed by atoms with van der Waals surface area (Å²) in [6.45, 7) is 1.68. The van der Waals surface area contributed by atoms with Crippen LogP contribution in [0.4, 0.5) is 0 Å². The number of hydrogen-bond acceptors (Lipinski definition) is 1. The van der Waals surface area contributed by atoms with Crippen LogP contribution in [-0.4, -0.2) is 27.5 Å². The van der Waals surface area contributed by atoms with Gasteiger partial charge in [0.2, 0.25) is 0 Å². The van der Waals surface area contributed by atoms with E-state index in [0.29, 0.717) is 5.78 Å². The molecule has 0 aliphatic carbocycles. The van der Waals surface area contributed by atoms with Gasteiger partial charge in [-0.1, -0.05) is 0 Å². The fourth-order valence-corrected chi connectivity index (χ4v) is 3.91. The van der Waals surface area contributed by atoms with Crippen LogP contribution in [0.15, 0.2) is 0 Å². The zero-order valence-electron chi connectivity index (χ0n) is 5.06. The Kier molecular flexibility index (Phi) is 3.82. The van der Waals surface area contributed by atoms with Gasteiger partial charge in [0, 0.05) is 0 Å². The van der Waals surface area contributed by atoms with Crippen LogP contribution in [0.2, 0.25) is 13.4 Å². The molecule has 0 bridgehead atoms. The molecule has 0 unspecified atom stereocenters. The normalized spacial score (nSPS) is 9.71. The summed E-state index contributed by atoms with van der Waals surface area (Å²) < 4.78 is 5.42. The fourth-order valence-electron chi connectivity index (χ4n) is 0.445. The molecule has 1 nitrogen and oxygen atoms in total. The number of carbonyl (C=O) groups excluding carboxylic acids is 1. The van der Waals surface area contributed by atoms with E-state index in [1.165, 1.54) is 0 Å². The summed E-state index contributed by atoms with van der Waals surface area (Å²) in [6, 6.07) is 0. The maximum atomic E-state index is 10.3. The van der Waals surface area contributed by atoms with Crippen LogP contribution in [0, 0.1) is 0 Å². The topological polar surface area (TPSA) is 17.1 Å². The van der Waals surface area contributed by atoms with Crippen LogP contribution in [0.3, 0.4) is 0 Å². The first-order valence-corrected chi connectivity index (χ1v) is 11.7. The third kappa shape index (κ3) is 6.55. The average molecular weight is 296 g/mol. The summed E-state index contributed by atoms with van der Waals surface area (Å²) >= 11 is -1.09. The van der Waals surface area contributed by atoms with Gasteiger partial charge < -0.3 is 0 Å². The number of ketones is 1. The molecule has 0 rings (SSSR count). The summed E-state index contributed by atoms with van der Waals surface area (Å²) in [5.74, 6) is 0.378. The van der Waals surface area contributed by atoms with Crippen LogP contribution >= 0.6 is 0 Å². The number of Topliss-reactive ketones (excluding diaryl/α,β-unsaturated/α-hetero) is 1. The average Bonchev–Trinajstić information content (AvgIpc) is 1.27. The van der Waals surface area contributed by atoms with Crippen molar-refractivity contribution < 1.29 is 4.79 Å². The molecule has 0 aromatic carbocycles. The Hall–Kier alpha value is 0.553. The third-order valence-corrected chi connectivity index (χ3v) is 4.73. The monoisotopic (exact) mass is 296 g/mol. The van der Waals surface area contributed by atoms with Crippen molar-refractivity contribution in [3.05, 3.63) is 0 Å². The van der Waals surface area contributed by atoms with Crippen LogP contribution in [0.1, 0.15) is 6.92 Å². The summed E-state index contributed by atoms with van der Waals surface area (Å²) in [7, 11) is 0. The SMILES string of the molecule is CC(=O)[CH2][Bi]([CH3])[CH3]. The number of rotatable bonds is 2. The Bertz CT molecular complexity index is 68.5. The Labute approximate surface area is 52.8 Å². The molecule has 2 heteroatoms. The Balaban J connectivity index is 3.13. The molecule has 0 fully saturated rings. The first-order chi connectivity index (χ1) is 3.13. The molecular formula is C5H11BiO. The van der Waals surface area contributed by atoms with Crippen molar-refractivity contribution in [2.45, 2.75) is 20.3 Å². The predicted octanol–water partition coefficient (Wildman–Crippen LogP) is 1.33. The fraction of sp³-hybridized carbons (Fsp3) is 0.800. The molecule has 0 N–H and O–H groups in total. The number of carbonyl (C=O) groups is 1. The molecule has 0 radical (unpaired) electrons. The predicted molar refractivity (Wildman–Crippen MR) is 33.0 cm³/mol. The molecule has 0 saturated carbocycles. The third-order valence-electron chi connectivity index (χ3n) is 0.539. The van der Waals surface area contributed by atoms with E-state index in [0.717, 1.165) is 4.13 Å². The van der Waals surface area contributed by atoms with Crippen LogP contribution < -0.4 is 0 Å². The molecule has 7 heavy (non-hydrogen) atoms. The standard InChI is InChI=1S/C3H5O.2CH3.Bi/c1-3(2)4;;;/h1H2,2H3;2*1H3;. The number of hydrogen-bond donors (Lipinski definition) is 0. The summed E-state index contributed by atoms with van der Waals surface area (Å²) in [5, 5.41) is 0. The van der Waals surface area contributed by atoms with Crippen molar-refractivity contribution in [1.82, 2.24) is 0 Å². The van der Waals surface area contributed by atoms with Gasteiger partial charge in [0.05, 0.1) is 0 Å². The molecule has 0 heterocycles. The Morgan fingerprint density at radius 1 is 1.57 bits per heavy atom. The van der Waals surface area contributed by atoms with Crippen molar-refractivity contribution >= 4 is 27.5 Å². The molecule has 0 spiro atoms. The second-order valence-electron chi connectivity index (χ2n) is 1.94. The summed E-state index contributed by atoms with van der Waals surface area (Å²) in [6.07, 6.45) is 0. The van der Waals surface area contributed by atoms with Gasteiger partial charge in [-0.15, -0.1) is 0 Å². The maximum absolute atomic E-state index is 10.3. The Morgan fingerprint density at radius 3 is 2.00 bits per heavy atom. The van der Waals surface area contributed by atoms with Crippen LogP contribution in [0.5, 0.6) is 0 Å². The molecule has 0 aromatic rings. The van der Waals surface area contributed by atoms with Gasteiger partial charge in [-0.05, 0) is 0 Å². The van der Waals surface area contributed by atoms with Crippen molar-refractivity contribution in [1.29, 1.82) is 0 Å². The minimum absolute atomic E-state index is 0.378. The molecule has 0 aromatic heterocycles. The van der Waals surface area contributed by atoms with Crippen LogP contribution in [-0.2, 0) is 4.79 Å². The zero-order valence-corrected chi connectivity index (χ0v) is 8.54. The van der Waals surface area contributed by atoms with Crippen molar-refractivity contribution in [2.24, 2.45) is 0 Å². The molecule has 42 valence electrons. The van der Waals surface area contributed by atoms with Crippen molar-refractivity contribution in [2.75, 3.05) is 0 Å². The Morgan fingerprint density at radius 2 is 2.00 bits per heavy atom. The van der Waals surface area contributed by atoms with Gasteiger partial charge in [0.15, 0.2) is 0 Å². The molecule has 0 aliphatic heterocycles. The van der Waals surface area contributed by atoms with Gasteiger partial charge in [0.25, 0.3) is 0 Å². The summed E-state index contributed by atoms with van der Waals surface area (Å²) in [4.78, 5) is 10.3. The second-order valence-corrected chi connectivity index (χ2v) is 11.6. The summed E-state index contributed by atoms with van der Waals surface area (Å²) in [5.41, 5.74) is 0. The van der Waals surface area contributed by atoms with Gasteiger partial charge in [-0.2, -0.15) is 0 Å². The van der Waals surface area contributed by atoms with Gasteiger partial charge >= 0.3 is 52.6 Å². The van der Waals surface area contributed by atoms with E-state index in [1.807, 2.05) is 0 Å². The van der Waals surface area contributed by atoms with Gasteiger partial charge in [-0.25, -0.2) is 0 Å². The van der Waals surface area contributed by atoms with Gasteiger partial charge in [-0.3, -0.25) is 0 Å². The first-order valence-electron chi connectivity index (χ1n) is 2.27. The van der Waals surface area contributed by atoms with E-state index in [4.69, 9.17) is 0 Å².